The molecule has 1 amide bonds. The molecule has 4 nitrogen and oxygen atoms in total. The number of allylic oxidation sites excluding steroid dienone is 4. The van der Waals surface area contributed by atoms with Crippen LogP contribution in [0.4, 0.5) is 0 Å². The molecular formula is C19H27N2O2. The number of ketones is 1. The first-order valence-corrected chi connectivity index (χ1v) is 8.74. The molecular weight excluding hydrogens is 288 g/mol. The van der Waals surface area contributed by atoms with E-state index in [0.29, 0.717) is 18.0 Å². The molecule has 1 saturated carbocycles. The summed E-state index contributed by atoms with van der Waals surface area (Å²) in [6, 6.07) is 0.537. The normalized spacial score (nSPS) is 31.3. The Labute approximate surface area is 139 Å². The third-order valence-electron chi connectivity index (χ3n) is 5.90. The average molecular weight is 315 g/mol. The molecule has 1 spiro atoms. The van der Waals surface area contributed by atoms with Crippen LogP contribution in [-0.4, -0.2) is 36.2 Å². The van der Waals surface area contributed by atoms with Gasteiger partial charge in [0, 0.05) is 23.9 Å². The van der Waals surface area contributed by atoms with Gasteiger partial charge in [0.1, 0.15) is 0 Å². The summed E-state index contributed by atoms with van der Waals surface area (Å²) in [4.78, 5) is 27.3. The molecule has 1 N–H and O–H groups in total. The fourth-order valence-corrected chi connectivity index (χ4v) is 4.13. The van der Waals surface area contributed by atoms with Crippen molar-refractivity contribution in [1.82, 2.24) is 10.2 Å². The van der Waals surface area contributed by atoms with Crippen molar-refractivity contribution in [2.24, 2.45) is 5.41 Å². The molecule has 2 aliphatic carbocycles. The molecule has 125 valence electrons. The number of amides is 1. The largest absolute Gasteiger partial charge is 0.317 e. The van der Waals surface area contributed by atoms with Crippen LogP contribution < -0.4 is 5.32 Å². The third-order valence-corrected chi connectivity index (χ3v) is 5.90. The summed E-state index contributed by atoms with van der Waals surface area (Å²) in [6.07, 6.45) is 8.17. The lowest BCUT2D eigenvalue weighted by Crippen LogP contribution is -2.41. The zero-order valence-corrected chi connectivity index (χ0v) is 14.3. The van der Waals surface area contributed by atoms with Gasteiger partial charge in [0.25, 0.3) is 0 Å². The molecule has 1 saturated heterocycles. The van der Waals surface area contributed by atoms with E-state index in [1.54, 1.807) is 0 Å². The first-order valence-electron chi connectivity index (χ1n) is 8.74. The number of rotatable bonds is 5. The van der Waals surface area contributed by atoms with Crippen LogP contribution >= 0.6 is 0 Å². The van der Waals surface area contributed by atoms with Crippen LogP contribution in [0.25, 0.3) is 0 Å². The van der Waals surface area contributed by atoms with Crippen LogP contribution in [0.15, 0.2) is 22.9 Å². The fraction of sp³-hybridized carbons (Fsp3) is 0.632. The summed E-state index contributed by atoms with van der Waals surface area (Å²) in [7, 11) is 2.00. The quantitative estimate of drug-likeness (QED) is 0.794. The second-order valence-corrected chi connectivity index (χ2v) is 7.13. The minimum Gasteiger partial charge on any atom is -0.317 e. The molecule has 3 rings (SSSR count). The van der Waals surface area contributed by atoms with Crippen molar-refractivity contribution < 1.29 is 9.59 Å². The summed E-state index contributed by atoms with van der Waals surface area (Å²) in [5.41, 5.74) is 2.22. The van der Waals surface area contributed by atoms with Crippen molar-refractivity contribution in [3.63, 3.8) is 0 Å². The molecule has 0 bridgehead atoms. The van der Waals surface area contributed by atoms with Gasteiger partial charge in [0.05, 0.1) is 5.41 Å². The van der Waals surface area contributed by atoms with Gasteiger partial charge in [-0.25, -0.2) is 0 Å². The van der Waals surface area contributed by atoms with E-state index in [4.69, 9.17) is 0 Å². The van der Waals surface area contributed by atoms with Crippen molar-refractivity contribution in [3.05, 3.63) is 29.8 Å². The van der Waals surface area contributed by atoms with Gasteiger partial charge in [-0.2, -0.15) is 0 Å². The van der Waals surface area contributed by atoms with Crippen molar-refractivity contribution in [3.8, 4) is 0 Å². The summed E-state index contributed by atoms with van der Waals surface area (Å²) in [5, 5.41) is 3.33. The molecule has 4 heteroatoms. The smallest absolute Gasteiger partial charge is 0.233 e. The van der Waals surface area contributed by atoms with E-state index >= 15 is 0 Å². The zero-order valence-electron chi connectivity index (χ0n) is 14.3. The number of carbonyl (C=O) groups excluding carboxylic acids is 2. The standard InChI is InChI=1S/C19H27N2O2/c1-4-16(13(2)17(22)14-5-6-14)21-12-11-19(18(21)23)9-7-15(20-3)8-10-19/h5,15,20H,1,4,6-12H2,2-3H3/b16-13+. The molecule has 0 aromatic rings. The minimum absolute atomic E-state index is 0.0938. The zero-order chi connectivity index (χ0) is 16.6. The molecule has 1 heterocycles. The van der Waals surface area contributed by atoms with Crippen LogP contribution in [-0.2, 0) is 9.59 Å². The summed E-state index contributed by atoms with van der Waals surface area (Å²) in [6.45, 7) is 6.55. The molecule has 0 atom stereocenters. The lowest BCUT2D eigenvalue weighted by molar-refractivity contribution is -0.136. The summed E-state index contributed by atoms with van der Waals surface area (Å²) in [5.74, 6) is 0.318. The maximum atomic E-state index is 13.1. The van der Waals surface area contributed by atoms with E-state index in [2.05, 4.69) is 12.2 Å². The molecule has 2 fully saturated rings. The maximum Gasteiger partial charge on any atom is 0.233 e. The molecule has 23 heavy (non-hydrogen) atoms. The maximum absolute atomic E-state index is 13.1. The molecule has 1 aliphatic heterocycles. The number of carbonyl (C=O) groups is 2. The van der Waals surface area contributed by atoms with Crippen molar-refractivity contribution in [2.75, 3.05) is 13.6 Å². The van der Waals surface area contributed by atoms with Crippen molar-refractivity contribution in [1.29, 1.82) is 0 Å². The molecule has 1 radical (unpaired) electrons. The predicted molar refractivity (Wildman–Crippen MR) is 90.5 cm³/mol. The van der Waals surface area contributed by atoms with E-state index in [9.17, 15) is 9.59 Å². The Kier molecular flexibility index (Phi) is 4.45. The van der Waals surface area contributed by atoms with Gasteiger partial charge in [-0.05, 0) is 71.4 Å². The molecule has 0 aromatic heterocycles. The van der Waals surface area contributed by atoms with Crippen LogP contribution in [0, 0.1) is 12.3 Å². The molecule has 0 unspecified atom stereocenters. The van der Waals surface area contributed by atoms with Gasteiger partial charge >= 0.3 is 0 Å². The number of nitrogens with zero attached hydrogens (tertiary/aromatic N) is 1. The predicted octanol–water partition coefficient (Wildman–Crippen LogP) is 2.76. The van der Waals surface area contributed by atoms with Crippen LogP contribution in [0.2, 0.25) is 0 Å². The highest BCUT2D eigenvalue weighted by molar-refractivity contribution is 6.11. The van der Waals surface area contributed by atoms with E-state index < -0.39 is 0 Å². The van der Waals surface area contributed by atoms with Crippen LogP contribution in [0.1, 0.15) is 51.9 Å². The lowest BCUT2D eigenvalue weighted by atomic mass is 9.71. The van der Waals surface area contributed by atoms with Gasteiger partial charge < -0.3 is 10.2 Å². The highest BCUT2D eigenvalue weighted by Gasteiger charge is 2.49. The number of likely N-dealkylation sites (tertiary alicyclic amines) is 1. The Bertz CT molecular complexity index is 580. The second kappa shape index (κ2) is 6.23. The van der Waals surface area contributed by atoms with Gasteiger partial charge in [-0.3, -0.25) is 9.59 Å². The fourth-order valence-electron chi connectivity index (χ4n) is 4.13. The first-order chi connectivity index (χ1) is 11.0. The highest BCUT2D eigenvalue weighted by Crippen LogP contribution is 2.46. The highest BCUT2D eigenvalue weighted by atomic mass is 16.2. The Morgan fingerprint density at radius 2 is 2.04 bits per heavy atom. The number of nitrogens with one attached hydrogen (secondary N) is 1. The Morgan fingerprint density at radius 1 is 1.39 bits per heavy atom. The number of Topliss-reactive ketones (excluding diaryl/α,β-unsaturated/α-hetero) is 1. The molecule has 0 aromatic carbocycles. The third kappa shape index (κ3) is 2.89. The van der Waals surface area contributed by atoms with E-state index in [1.807, 2.05) is 24.9 Å². The topological polar surface area (TPSA) is 49.4 Å². The number of hydrogen-bond donors (Lipinski definition) is 1. The average Bonchev–Trinajstić information content (AvgIpc) is 3.38. The summed E-state index contributed by atoms with van der Waals surface area (Å²) < 4.78 is 0. The van der Waals surface area contributed by atoms with Crippen LogP contribution in [0.5, 0.6) is 0 Å². The molecule has 3 aliphatic rings. The Morgan fingerprint density at radius 3 is 2.57 bits per heavy atom. The van der Waals surface area contributed by atoms with Gasteiger partial charge in [-0.15, -0.1) is 0 Å². The Hall–Kier alpha value is -1.42. The van der Waals surface area contributed by atoms with Gasteiger partial charge in [0.15, 0.2) is 5.78 Å². The van der Waals surface area contributed by atoms with Crippen molar-refractivity contribution >= 4 is 11.7 Å². The minimum atomic E-state index is -0.198. The SMILES string of the molecule is [CH2]C/C(=C(/C)C(=O)C1=CC1)N1CCC2(CCC(NC)CC2)C1=O. The van der Waals surface area contributed by atoms with Crippen molar-refractivity contribution in [2.45, 2.75) is 57.9 Å². The summed E-state index contributed by atoms with van der Waals surface area (Å²) >= 11 is 0. The first kappa shape index (κ1) is 16.4. The second-order valence-electron chi connectivity index (χ2n) is 7.13. The van der Waals surface area contributed by atoms with Crippen LogP contribution in [0.3, 0.4) is 0 Å². The van der Waals surface area contributed by atoms with E-state index in [-0.39, 0.29) is 17.1 Å². The van der Waals surface area contributed by atoms with E-state index in [0.717, 1.165) is 56.3 Å². The lowest BCUT2D eigenvalue weighted by Gasteiger charge is -2.36. The van der Waals surface area contributed by atoms with Gasteiger partial charge in [-0.1, -0.05) is 6.08 Å². The monoisotopic (exact) mass is 315 g/mol. The van der Waals surface area contributed by atoms with Gasteiger partial charge in [0.2, 0.25) is 5.91 Å². The number of hydrogen-bond acceptors (Lipinski definition) is 3. The Balaban J connectivity index is 1.79. The van der Waals surface area contributed by atoms with E-state index in [1.165, 1.54) is 0 Å².